The van der Waals surface area contributed by atoms with Gasteiger partial charge in [0.2, 0.25) is 11.8 Å². The number of anilines is 1. The van der Waals surface area contributed by atoms with Crippen molar-refractivity contribution in [2.45, 2.75) is 18.3 Å². The molecule has 8 heteroatoms. The van der Waals surface area contributed by atoms with Gasteiger partial charge in [-0.15, -0.1) is 0 Å². The summed E-state index contributed by atoms with van der Waals surface area (Å²) in [7, 11) is 0. The highest BCUT2D eigenvalue weighted by molar-refractivity contribution is 6.42. The van der Waals surface area contributed by atoms with Gasteiger partial charge >= 0.3 is 0 Å². The number of rotatable bonds is 3. The number of hydrogen-bond acceptors (Lipinski definition) is 4. The number of aliphatic hydroxyl groups excluding tert-OH is 1. The first-order chi connectivity index (χ1) is 12.4. The minimum absolute atomic E-state index is 0.0607. The Morgan fingerprint density at radius 2 is 2.08 bits per heavy atom. The van der Waals surface area contributed by atoms with Gasteiger partial charge in [0, 0.05) is 31.9 Å². The zero-order valence-electron chi connectivity index (χ0n) is 14.3. The highest BCUT2D eigenvalue weighted by atomic mass is 35.5. The molecular weight excluding hydrogens is 377 g/mol. The lowest BCUT2D eigenvalue weighted by Crippen LogP contribution is -2.41. The van der Waals surface area contributed by atoms with Crippen LogP contribution in [0.4, 0.5) is 5.69 Å². The van der Waals surface area contributed by atoms with Crippen LogP contribution in [0.15, 0.2) is 12.1 Å². The molecule has 3 aliphatic heterocycles. The lowest BCUT2D eigenvalue weighted by atomic mass is 9.81. The molecule has 0 radical (unpaired) electrons. The molecule has 2 atom stereocenters. The minimum Gasteiger partial charge on any atom is -0.395 e. The van der Waals surface area contributed by atoms with E-state index < -0.39 is 5.41 Å². The van der Waals surface area contributed by atoms with Crippen LogP contribution in [0.5, 0.6) is 0 Å². The van der Waals surface area contributed by atoms with Gasteiger partial charge in [-0.2, -0.15) is 0 Å². The molecule has 0 aliphatic carbocycles. The van der Waals surface area contributed by atoms with Crippen LogP contribution in [0.2, 0.25) is 10.0 Å². The molecule has 3 aliphatic rings. The number of hydrogen-bond donors (Lipinski definition) is 2. The summed E-state index contributed by atoms with van der Waals surface area (Å²) in [6.07, 6.45) is 1.38. The standard InChI is InChI=1S/C18H21Cl2N3O3/c19-13-7-12-15(8-14(13)20)21-17(26)18(12)2-4-23(10-18)16(25)11-1-3-22(9-11)5-6-24/h7-8,11,24H,1-6,9-10H2,(H,21,26)/t11?,18-/m1/s1. The number of halogens is 2. The Kier molecular flexibility index (Phi) is 4.63. The number of aliphatic hydroxyl groups is 1. The average molecular weight is 398 g/mol. The fourth-order valence-corrected chi connectivity index (χ4v) is 4.78. The molecule has 26 heavy (non-hydrogen) atoms. The Morgan fingerprint density at radius 1 is 1.31 bits per heavy atom. The van der Waals surface area contributed by atoms with E-state index in [-0.39, 0.29) is 24.3 Å². The highest BCUT2D eigenvalue weighted by Crippen LogP contribution is 2.47. The summed E-state index contributed by atoms with van der Waals surface area (Å²) in [5.74, 6) is -0.0486. The number of fused-ring (bicyclic) bond motifs is 2. The first-order valence-electron chi connectivity index (χ1n) is 8.87. The van der Waals surface area contributed by atoms with Crippen LogP contribution in [0.1, 0.15) is 18.4 Å². The van der Waals surface area contributed by atoms with E-state index in [1.165, 1.54) is 0 Å². The number of carbonyl (C=O) groups excluding carboxylic acids is 2. The number of β-amino-alcohol motifs (C(OH)–C–C–N with tert-alkyl or cyclic N) is 1. The molecule has 3 heterocycles. The zero-order chi connectivity index (χ0) is 18.5. The highest BCUT2D eigenvalue weighted by Gasteiger charge is 2.53. The van der Waals surface area contributed by atoms with Crippen molar-refractivity contribution in [2.24, 2.45) is 5.92 Å². The van der Waals surface area contributed by atoms with E-state index in [1.54, 1.807) is 12.1 Å². The summed E-state index contributed by atoms with van der Waals surface area (Å²) >= 11 is 12.2. The van der Waals surface area contributed by atoms with Crippen LogP contribution in [0, 0.1) is 5.92 Å². The largest absolute Gasteiger partial charge is 0.395 e. The van der Waals surface area contributed by atoms with E-state index in [9.17, 15) is 9.59 Å². The molecule has 1 spiro atoms. The van der Waals surface area contributed by atoms with E-state index in [4.69, 9.17) is 28.3 Å². The molecule has 140 valence electrons. The number of benzene rings is 1. The normalized spacial score (nSPS) is 28.0. The Morgan fingerprint density at radius 3 is 2.85 bits per heavy atom. The Labute approximate surface area is 162 Å². The van der Waals surface area contributed by atoms with Gasteiger partial charge in [-0.3, -0.25) is 9.59 Å². The van der Waals surface area contributed by atoms with Crippen molar-refractivity contribution in [1.29, 1.82) is 0 Å². The van der Waals surface area contributed by atoms with Crippen molar-refractivity contribution >= 4 is 40.7 Å². The summed E-state index contributed by atoms with van der Waals surface area (Å²) in [5.41, 5.74) is 0.789. The van der Waals surface area contributed by atoms with Crippen LogP contribution in [-0.2, 0) is 15.0 Å². The minimum atomic E-state index is -0.734. The van der Waals surface area contributed by atoms with Crippen LogP contribution in [-0.4, -0.2) is 66.1 Å². The monoisotopic (exact) mass is 397 g/mol. The number of nitrogens with one attached hydrogen (secondary N) is 1. The van der Waals surface area contributed by atoms with Crippen molar-refractivity contribution in [1.82, 2.24) is 9.80 Å². The summed E-state index contributed by atoms with van der Waals surface area (Å²) in [6.45, 7) is 3.14. The van der Waals surface area contributed by atoms with Gasteiger partial charge in [0.1, 0.15) is 0 Å². The lowest BCUT2D eigenvalue weighted by Gasteiger charge is -2.24. The quantitative estimate of drug-likeness (QED) is 0.814. The Balaban J connectivity index is 1.53. The maximum absolute atomic E-state index is 12.9. The van der Waals surface area contributed by atoms with Gasteiger partial charge in [0.25, 0.3) is 0 Å². The number of nitrogens with zero attached hydrogens (tertiary/aromatic N) is 2. The molecular formula is C18H21Cl2N3O3. The van der Waals surface area contributed by atoms with Crippen LogP contribution in [0.25, 0.3) is 0 Å². The molecule has 1 aromatic carbocycles. The molecule has 1 unspecified atom stereocenters. The first kappa shape index (κ1) is 18.0. The Hall–Kier alpha value is -1.34. The number of amides is 2. The van der Waals surface area contributed by atoms with Gasteiger partial charge in [-0.25, -0.2) is 0 Å². The molecule has 2 N–H and O–H groups in total. The van der Waals surface area contributed by atoms with Crippen molar-refractivity contribution in [3.05, 3.63) is 27.7 Å². The van der Waals surface area contributed by atoms with E-state index >= 15 is 0 Å². The second-order valence-electron chi connectivity index (χ2n) is 7.37. The van der Waals surface area contributed by atoms with Crippen molar-refractivity contribution < 1.29 is 14.7 Å². The summed E-state index contributed by atoms with van der Waals surface area (Å²) in [6, 6.07) is 3.43. The second-order valence-corrected chi connectivity index (χ2v) is 8.18. The van der Waals surface area contributed by atoms with Crippen molar-refractivity contribution in [3.8, 4) is 0 Å². The molecule has 4 rings (SSSR count). The van der Waals surface area contributed by atoms with Crippen LogP contribution < -0.4 is 5.32 Å². The van der Waals surface area contributed by atoms with Crippen LogP contribution >= 0.6 is 23.2 Å². The maximum Gasteiger partial charge on any atom is 0.237 e. The summed E-state index contributed by atoms with van der Waals surface area (Å²) in [4.78, 5) is 29.6. The third-order valence-corrected chi connectivity index (χ3v) is 6.60. The van der Waals surface area contributed by atoms with E-state index in [1.807, 2.05) is 4.90 Å². The summed E-state index contributed by atoms with van der Waals surface area (Å²) in [5, 5.41) is 12.8. The maximum atomic E-state index is 12.9. The fraction of sp³-hybridized carbons (Fsp3) is 0.556. The van der Waals surface area contributed by atoms with Gasteiger partial charge in [-0.05, 0) is 37.1 Å². The molecule has 1 aromatic rings. The number of carbonyl (C=O) groups is 2. The topological polar surface area (TPSA) is 72.9 Å². The molecule has 6 nitrogen and oxygen atoms in total. The number of likely N-dealkylation sites (tertiary alicyclic amines) is 2. The first-order valence-corrected chi connectivity index (χ1v) is 9.63. The molecule has 0 bridgehead atoms. The molecule has 0 aromatic heterocycles. The van der Waals surface area contributed by atoms with Gasteiger partial charge in [0.15, 0.2) is 0 Å². The fourth-order valence-electron chi connectivity index (χ4n) is 4.45. The average Bonchev–Trinajstić information content (AvgIpc) is 3.30. The van der Waals surface area contributed by atoms with Crippen LogP contribution in [0.3, 0.4) is 0 Å². The molecule has 0 saturated carbocycles. The third-order valence-electron chi connectivity index (χ3n) is 5.88. The second kappa shape index (κ2) is 6.68. The van der Waals surface area contributed by atoms with E-state index in [2.05, 4.69) is 10.2 Å². The zero-order valence-corrected chi connectivity index (χ0v) is 15.8. The lowest BCUT2D eigenvalue weighted by molar-refractivity contribution is -0.134. The SMILES string of the molecule is O=C(C1CCN(CCO)C1)N1CC[C@]2(C1)C(=O)Nc1cc(Cl)c(Cl)cc12. The van der Waals surface area contributed by atoms with E-state index in [0.717, 1.165) is 18.5 Å². The van der Waals surface area contributed by atoms with E-state index in [0.29, 0.717) is 48.3 Å². The Bertz CT molecular complexity index is 772. The summed E-state index contributed by atoms with van der Waals surface area (Å²) < 4.78 is 0. The molecule has 2 saturated heterocycles. The third kappa shape index (κ3) is 2.80. The van der Waals surface area contributed by atoms with Gasteiger partial charge in [-0.1, -0.05) is 23.2 Å². The van der Waals surface area contributed by atoms with Gasteiger partial charge < -0.3 is 20.2 Å². The van der Waals surface area contributed by atoms with Gasteiger partial charge in [0.05, 0.1) is 28.0 Å². The van der Waals surface area contributed by atoms with Crippen molar-refractivity contribution in [3.63, 3.8) is 0 Å². The smallest absolute Gasteiger partial charge is 0.237 e. The van der Waals surface area contributed by atoms with Crippen molar-refractivity contribution in [2.75, 3.05) is 44.6 Å². The molecule has 2 amide bonds. The molecule has 2 fully saturated rings. The predicted molar refractivity (Wildman–Crippen MR) is 99.6 cm³/mol. The predicted octanol–water partition coefficient (Wildman–Crippen LogP) is 1.73.